The molecule has 0 aliphatic carbocycles. The molecule has 8 heteroatoms. The molecule has 2 aromatic heterocycles. The maximum absolute atomic E-state index is 13.2. The van der Waals surface area contributed by atoms with Crippen LogP contribution in [0.25, 0.3) is 10.9 Å². The normalized spacial score (nSPS) is 20.6. The van der Waals surface area contributed by atoms with E-state index in [0.717, 1.165) is 49.2 Å². The molecule has 1 aromatic carbocycles. The van der Waals surface area contributed by atoms with Crippen molar-refractivity contribution in [2.24, 2.45) is 0 Å². The zero-order valence-corrected chi connectivity index (χ0v) is 21.0. The number of carbonyl (C=O) groups is 1. The molecule has 8 nitrogen and oxygen atoms in total. The number of aromatic nitrogens is 2. The maximum atomic E-state index is 13.2. The van der Waals surface area contributed by atoms with Gasteiger partial charge in [-0.2, -0.15) is 0 Å². The lowest BCUT2D eigenvalue weighted by molar-refractivity contribution is 0.0000624. The first-order valence-corrected chi connectivity index (χ1v) is 12.9. The van der Waals surface area contributed by atoms with Crippen molar-refractivity contribution >= 4 is 22.5 Å². The lowest BCUT2D eigenvalue weighted by atomic mass is 9.91. The molecule has 2 saturated heterocycles. The summed E-state index contributed by atoms with van der Waals surface area (Å²) in [6, 6.07) is 11.2. The molecule has 0 bridgehead atoms. The molecule has 36 heavy (non-hydrogen) atoms. The van der Waals surface area contributed by atoms with Gasteiger partial charge >= 0.3 is 0 Å². The van der Waals surface area contributed by atoms with Crippen molar-refractivity contribution in [1.82, 2.24) is 19.8 Å². The summed E-state index contributed by atoms with van der Waals surface area (Å²) in [5.74, 6) is 0.582. The number of hydrogen-bond acceptors (Lipinski definition) is 7. The SMILES string of the molecule is CN(CC1(O)CCCN(c2ccnc3ccncc23)C1)C(=O)c1cccc(OCCN2CCCC2)c1. The van der Waals surface area contributed by atoms with Crippen LogP contribution in [0.4, 0.5) is 5.69 Å². The number of β-amino-alcohol motifs (C(OH)–C–C–N with tert-alkyl or cyclic N) is 1. The Bertz CT molecular complexity index is 1190. The molecule has 190 valence electrons. The molecule has 0 saturated carbocycles. The van der Waals surface area contributed by atoms with E-state index in [4.69, 9.17) is 4.74 Å². The number of likely N-dealkylation sites (tertiary alicyclic amines) is 1. The van der Waals surface area contributed by atoms with Gasteiger partial charge in [-0.1, -0.05) is 6.07 Å². The standard InChI is InChI=1S/C28H35N5O3/c1-31(27(34)22-6-4-7-23(18-22)36-17-16-32-13-2-3-14-32)20-28(35)10-5-15-33(21-28)26-9-12-30-25-8-11-29-19-24(25)26/h4,6-9,11-12,18-19,35H,2-3,5,10,13-17,20-21H2,1H3. The third-order valence-electron chi connectivity index (χ3n) is 7.25. The molecular weight excluding hydrogens is 454 g/mol. The van der Waals surface area contributed by atoms with Crippen LogP contribution in [0.3, 0.4) is 0 Å². The van der Waals surface area contributed by atoms with Crippen LogP contribution in [0.15, 0.2) is 55.0 Å². The predicted molar refractivity (Wildman–Crippen MR) is 141 cm³/mol. The number of amides is 1. The van der Waals surface area contributed by atoms with Crippen LogP contribution in [0.5, 0.6) is 5.75 Å². The van der Waals surface area contributed by atoms with Crippen molar-refractivity contribution in [2.45, 2.75) is 31.3 Å². The molecule has 1 amide bonds. The van der Waals surface area contributed by atoms with Crippen LogP contribution in [-0.4, -0.2) is 89.3 Å². The van der Waals surface area contributed by atoms with Gasteiger partial charge in [-0.3, -0.25) is 19.7 Å². The first-order chi connectivity index (χ1) is 17.5. The van der Waals surface area contributed by atoms with Gasteiger partial charge in [0.25, 0.3) is 5.91 Å². The minimum absolute atomic E-state index is 0.121. The maximum Gasteiger partial charge on any atom is 0.253 e. The van der Waals surface area contributed by atoms with Crippen LogP contribution < -0.4 is 9.64 Å². The largest absolute Gasteiger partial charge is 0.492 e. The highest BCUT2D eigenvalue weighted by Crippen LogP contribution is 2.31. The highest BCUT2D eigenvalue weighted by Gasteiger charge is 2.36. The van der Waals surface area contributed by atoms with Gasteiger partial charge in [0, 0.05) is 61.9 Å². The molecule has 2 fully saturated rings. The van der Waals surface area contributed by atoms with Crippen molar-refractivity contribution in [2.75, 3.05) is 57.8 Å². The number of fused-ring (bicyclic) bond motifs is 1. The predicted octanol–water partition coefficient (Wildman–Crippen LogP) is 3.21. The Balaban J connectivity index is 1.22. The fraction of sp³-hybridized carbons (Fsp3) is 0.464. The number of carbonyl (C=O) groups excluding carboxylic acids is 1. The third kappa shape index (κ3) is 5.60. The molecule has 4 heterocycles. The van der Waals surface area contributed by atoms with E-state index in [2.05, 4.69) is 19.8 Å². The Labute approximate surface area is 212 Å². The van der Waals surface area contributed by atoms with Gasteiger partial charge in [-0.15, -0.1) is 0 Å². The van der Waals surface area contributed by atoms with Crippen molar-refractivity contribution < 1.29 is 14.6 Å². The number of nitrogens with zero attached hydrogens (tertiary/aromatic N) is 5. The zero-order chi connectivity index (χ0) is 25.0. The van der Waals surface area contributed by atoms with Crippen molar-refractivity contribution in [3.63, 3.8) is 0 Å². The molecule has 1 atom stereocenters. The molecule has 3 aromatic rings. The topological polar surface area (TPSA) is 82.0 Å². The molecular formula is C28H35N5O3. The van der Waals surface area contributed by atoms with Gasteiger partial charge in [0.15, 0.2) is 0 Å². The van der Waals surface area contributed by atoms with E-state index in [-0.39, 0.29) is 12.5 Å². The zero-order valence-electron chi connectivity index (χ0n) is 21.0. The monoisotopic (exact) mass is 489 g/mol. The average Bonchev–Trinajstić information content (AvgIpc) is 3.41. The Morgan fingerprint density at radius 2 is 2.00 bits per heavy atom. The van der Waals surface area contributed by atoms with E-state index >= 15 is 0 Å². The Morgan fingerprint density at radius 3 is 2.86 bits per heavy atom. The smallest absolute Gasteiger partial charge is 0.253 e. The second-order valence-electron chi connectivity index (χ2n) is 10.1. The minimum atomic E-state index is -1.01. The van der Waals surface area contributed by atoms with E-state index in [1.54, 1.807) is 36.5 Å². The van der Waals surface area contributed by atoms with Crippen molar-refractivity contribution in [1.29, 1.82) is 0 Å². The fourth-order valence-electron chi connectivity index (χ4n) is 5.45. The number of anilines is 1. The first kappa shape index (κ1) is 24.5. The third-order valence-corrected chi connectivity index (χ3v) is 7.25. The highest BCUT2D eigenvalue weighted by molar-refractivity contribution is 5.94. The molecule has 2 aliphatic heterocycles. The summed E-state index contributed by atoms with van der Waals surface area (Å²) in [5.41, 5.74) is 1.45. The van der Waals surface area contributed by atoms with Gasteiger partial charge in [-0.05, 0) is 69.1 Å². The quantitative estimate of drug-likeness (QED) is 0.520. The molecule has 0 spiro atoms. The molecule has 0 radical (unpaired) electrons. The van der Waals surface area contributed by atoms with Gasteiger partial charge in [0.2, 0.25) is 0 Å². The summed E-state index contributed by atoms with van der Waals surface area (Å²) in [7, 11) is 1.76. The highest BCUT2D eigenvalue weighted by atomic mass is 16.5. The van der Waals surface area contributed by atoms with E-state index in [1.165, 1.54) is 12.8 Å². The Kier molecular flexibility index (Phi) is 7.34. The van der Waals surface area contributed by atoms with E-state index in [0.29, 0.717) is 30.9 Å². The van der Waals surface area contributed by atoms with Crippen LogP contribution in [-0.2, 0) is 0 Å². The van der Waals surface area contributed by atoms with E-state index < -0.39 is 5.60 Å². The summed E-state index contributed by atoms with van der Waals surface area (Å²) in [5, 5.41) is 12.5. The van der Waals surface area contributed by atoms with Crippen molar-refractivity contribution in [3.8, 4) is 5.75 Å². The molecule has 5 rings (SSSR count). The van der Waals surface area contributed by atoms with Crippen LogP contribution in [0.2, 0.25) is 0 Å². The molecule has 1 N–H and O–H groups in total. The number of likely N-dealkylation sites (N-methyl/N-ethyl adjacent to an activating group) is 1. The number of pyridine rings is 2. The van der Waals surface area contributed by atoms with Crippen LogP contribution >= 0.6 is 0 Å². The van der Waals surface area contributed by atoms with Gasteiger partial charge < -0.3 is 19.6 Å². The van der Waals surface area contributed by atoms with Crippen LogP contribution in [0.1, 0.15) is 36.0 Å². The van der Waals surface area contributed by atoms with Crippen molar-refractivity contribution in [3.05, 3.63) is 60.6 Å². The van der Waals surface area contributed by atoms with Crippen LogP contribution in [0, 0.1) is 0 Å². The number of piperidine rings is 1. The average molecular weight is 490 g/mol. The molecule has 2 aliphatic rings. The number of hydrogen-bond donors (Lipinski definition) is 1. The number of ether oxygens (including phenoxy) is 1. The summed E-state index contributed by atoms with van der Waals surface area (Å²) >= 11 is 0. The minimum Gasteiger partial charge on any atom is -0.492 e. The summed E-state index contributed by atoms with van der Waals surface area (Å²) in [6.45, 7) is 5.34. The Hall–Kier alpha value is -3.23. The second-order valence-corrected chi connectivity index (χ2v) is 10.1. The van der Waals surface area contributed by atoms with E-state index in [9.17, 15) is 9.90 Å². The number of aliphatic hydroxyl groups is 1. The lowest BCUT2D eigenvalue weighted by Gasteiger charge is -2.42. The first-order valence-electron chi connectivity index (χ1n) is 12.9. The second kappa shape index (κ2) is 10.8. The molecule has 1 unspecified atom stereocenters. The van der Waals surface area contributed by atoms with E-state index in [1.807, 2.05) is 30.5 Å². The van der Waals surface area contributed by atoms with Gasteiger partial charge in [0.1, 0.15) is 12.4 Å². The Morgan fingerprint density at radius 1 is 1.14 bits per heavy atom. The number of benzene rings is 1. The lowest BCUT2D eigenvalue weighted by Crippen LogP contribution is -2.54. The number of rotatable bonds is 8. The fourth-order valence-corrected chi connectivity index (χ4v) is 5.45. The summed E-state index contributed by atoms with van der Waals surface area (Å²) in [4.78, 5) is 28.1. The van der Waals surface area contributed by atoms with Gasteiger partial charge in [-0.25, -0.2) is 0 Å². The summed E-state index contributed by atoms with van der Waals surface area (Å²) < 4.78 is 5.93. The summed E-state index contributed by atoms with van der Waals surface area (Å²) in [6.07, 6.45) is 9.35. The van der Waals surface area contributed by atoms with Gasteiger partial charge in [0.05, 0.1) is 17.7 Å².